The van der Waals surface area contributed by atoms with Gasteiger partial charge >= 0.3 is 0 Å². The molecule has 1 amide bonds. The van der Waals surface area contributed by atoms with Crippen LogP contribution in [0.25, 0.3) is 0 Å². The van der Waals surface area contributed by atoms with Crippen LogP contribution >= 0.6 is 0 Å². The Morgan fingerprint density at radius 3 is 2.42 bits per heavy atom. The van der Waals surface area contributed by atoms with E-state index in [1.165, 1.54) is 6.33 Å². The molecular weight excluding hydrogens is 328 g/mol. The fourth-order valence-corrected chi connectivity index (χ4v) is 2.38. The smallest absolute Gasteiger partial charge is 0.270 e. The summed E-state index contributed by atoms with van der Waals surface area (Å²) < 4.78 is 5.12. The fourth-order valence-electron chi connectivity index (χ4n) is 2.38. The van der Waals surface area contributed by atoms with Crippen LogP contribution in [0.1, 0.15) is 21.6 Å². The molecule has 0 saturated carbocycles. The van der Waals surface area contributed by atoms with Crippen molar-refractivity contribution in [2.45, 2.75) is 13.1 Å². The highest BCUT2D eigenvalue weighted by atomic mass is 16.5. The van der Waals surface area contributed by atoms with E-state index in [2.05, 4.69) is 20.6 Å². The van der Waals surface area contributed by atoms with Gasteiger partial charge in [-0.05, 0) is 23.3 Å². The van der Waals surface area contributed by atoms with Gasteiger partial charge in [-0.25, -0.2) is 9.97 Å². The number of benzene rings is 2. The van der Waals surface area contributed by atoms with Crippen molar-refractivity contribution < 1.29 is 9.53 Å². The molecule has 2 N–H and O–H groups in total. The minimum Gasteiger partial charge on any atom is -0.497 e. The maximum Gasteiger partial charge on any atom is 0.270 e. The number of carbonyl (C=O) groups excluding carboxylic acids is 1. The van der Waals surface area contributed by atoms with Crippen LogP contribution in [0.2, 0.25) is 0 Å². The van der Waals surface area contributed by atoms with Crippen molar-refractivity contribution >= 4 is 11.7 Å². The van der Waals surface area contributed by atoms with Crippen molar-refractivity contribution in [2.24, 2.45) is 0 Å². The molecule has 26 heavy (non-hydrogen) atoms. The molecule has 0 atom stereocenters. The van der Waals surface area contributed by atoms with Crippen molar-refractivity contribution in [3.63, 3.8) is 0 Å². The zero-order valence-corrected chi connectivity index (χ0v) is 14.5. The van der Waals surface area contributed by atoms with Gasteiger partial charge in [-0.2, -0.15) is 0 Å². The van der Waals surface area contributed by atoms with Crippen LogP contribution in [0, 0.1) is 0 Å². The van der Waals surface area contributed by atoms with Crippen LogP contribution in [0.5, 0.6) is 5.75 Å². The first-order chi connectivity index (χ1) is 12.7. The van der Waals surface area contributed by atoms with Gasteiger partial charge in [0, 0.05) is 19.2 Å². The summed E-state index contributed by atoms with van der Waals surface area (Å²) in [7, 11) is 1.62. The summed E-state index contributed by atoms with van der Waals surface area (Å²) in [5.41, 5.74) is 2.44. The van der Waals surface area contributed by atoms with E-state index in [4.69, 9.17) is 4.74 Å². The third-order valence-corrected chi connectivity index (χ3v) is 3.83. The summed E-state index contributed by atoms with van der Waals surface area (Å²) in [6.45, 7) is 1.05. The minimum atomic E-state index is -0.244. The lowest BCUT2D eigenvalue weighted by molar-refractivity contribution is 0.0946. The molecule has 0 radical (unpaired) electrons. The van der Waals surface area contributed by atoms with Gasteiger partial charge in [0.15, 0.2) is 0 Å². The van der Waals surface area contributed by atoms with Crippen LogP contribution < -0.4 is 15.4 Å². The number of anilines is 1. The highest BCUT2D eigenvalue weighted by Crippen LogP contribution is 2.11. The SMILES string of the molecule is COc1ccc(CNC(=O)c2cc(NCc3ccccc3)ncn2)cc1. The van der Waals surface area contributed by atoms with E-state index in [9.17, 15) is 4.79 Å². The monoisotopic (exact) mass is 348 g/mol. The van der Waals surface area contributed by atoms with Gasteiger partial charge in [0.05, 0.1) is 7.11 Å². The lowest BCUT2D eigenvalue weighted by Crippen LogP contribution is -2.24. The number of rotatable bonds is 7. The van der Waals surface area contributed by atoms with E-state index in [1.54, 1.807) is 13.2 Å². The van der Waals surface area contributed by atoms with E-state index in [0.29, 0.717) is 24.6 Å². The second kappa shape index (κ2) is 8.62. The Balaban J connectivity index is 1.57. The summed E-state index contributed by atoms with van der Waals surface area (Å²) >= 11 is 0. The quantitative estimate of drug-likeness (QED) is 0.686. The van der Waals surface area contributed by atoms with Crippen molar-refractivity contribution in [2.75, 3.05) is 12.4 Å². The zero-order valence-electron chi connectivity index (χ0n) is 14.5. The first-order valence-corrected chi connectivity index (χ1v) is 8.25. The molecule has 0 aliphatic heterocycles. The molecule has 2 aromatic carbocycles. The van der Waals surface area contributed by atoms with Crippen molar-refractivity contribution in [3.8, 4) is 5.75 Å². The Labute approximate surface area is 152 Å². The first kappa shape index (κ1) is 17.4. The number of nitrogens with zero attached hydrogens (tertiary/aromatic N) is 2. The van der Waals surface area contributed by atoms with E-state index in [0.717, 1.165) is 16.9 Å². The Morgan fingerprint density at radius 2 is 1.69 bits per heavy atom. The Hall–Kier alpha value is -3.41. The molecule has 6 nitrogen and oxygen atoms in total. The predicted octanol–water partition coefficient (Wildman–Crippen LogP) is 3.03. The number of nitrogens with one attached hydrogen (secondary N) is 2. The van der Waals surface area contributed by atoms with Crippen molar-refractivity contribution in [1.29, 1.82) is 0 Å². The van der Waals surface area contributed by atoms with Crippen molar-refractivity contribution in [1.82, 2.24) is 15.3 Å². The number of ether oxygens (including phenoxy) is 1. The number of hydrogen-bond donors (Lipinski definition) is 2. The largest absolute Gasteiger partial charge is 0.497 e. The molecule has 0 unspecified atom stereocenters. The Morgan fingerprint density at radius 1 is 0.962 bits per heavy atom. The van der Waals surface area contributed by atoms with Crippen LogP contribution in [0.4, 0.5) is 5.82 Å². The number of methoxy groups -OCH3 is 1. The molecule has 0 aliphatic rings. The highest BCUT2D eigenvalue weighted by molar-refractivity contribution is 5.92. The predicted molar refractivity (Wildman–Crippen MR) is 100.0 cm³/mol. The second-order valence-corrected chi connectivity index (χ2v) is 5.66. The summed E-state index contributed by atoms with van der Waals surface area (Å²) in [6.07, 6.45) is 1.38. The summed E-state index contributed by atoms with van der Waals surface area (Å²) in [5, 5.41) is 6.05. The standard InChI is InChI=1S/C20H20N4O2/c1-26-17-9-7-16(8-10-17)13-22-20(25)18-11-19(24-14-23-18)21-12-15-5-3-2-4-6-15/h2-11,14H,12-13H2,1H3,(H,22,25)(H,21,23,24). The number of hydrogen-bond acceptors (Lipinski definition) is 5. The number of amides is 1. The van der Waals surface area contributed by atoms with Crippen LogP contribution in [0.15, 0.2) is 67.0 Å². The molecule has 0 fully saturated rings. The van der Waals surface area contributed by atoms with Gasteiger partial charge in [0.1, 0.15) is 23.6 Å². The van der Waals surface area contributed by atoms with E-state index in [-0.39, 0.29) is 5.91 Å². The van der Waals surface area contributed by atoms with Crippen LogP contribution in [0.3, 0.4) is 0 Å². The van der Waals surface area contributed by atoms with Crippen LogP contribution in [-0.4, -0.2) is 23.0 Å². The molecule has 1 heterocycles. The van der Waals surface area contributed by atoms with E-state index < -0.39 is 0 Å². The molecule has 132 valence electrons. The maximum absolute atomic E-state index is 12.3. The molecule has 3 rings (SSSR count). The zero-order chi connectivity index (χ0) is 18.2. The molecule has 6 heteroatoms. The van der Waals surface area contributed by atoms with Gasteiger partial charge in [-0.15, -0.1) is 0 Å². The fraction of sp³-hybridized carbons (Fsp3) is 0.150. The highest BCUT2D eigenvalue weighted by Gasteiger charge is 2.08. The molecule has 3 aromatic rings. The third kappa shape index (κ3) is 4.80. The Kier molecular flexibility index (Phi) is 5.77. The summed E-state index contributed by atoms with van der Waals surface area (Å²) in [5.74, 6) is 1.15. The van der Waals surface area contributed by atoms with Gasteiger partial charge in [-0.3, -0.25) is 4.79 Å². The van der Waals surface area contributed by atoms with E-state index >= 15 is 0 Å². The van der Waals surface area contributed by atoms with E-state index in [1.807, 2.05) is 54.6 Å². The normalized spacial score (nSPS) is 10.2. The van der Waals surface area contributed by atoms with Gasteiger partial charge < -0.3 is 15.4 Å². The molecule has 0 saturated heterocycles. The van der Waals surface area contributed by atoms with Crippen molar-refractivity contribution in [3.05, 3.63) is 83.8 Å². The molecular formula is C20H20N4O2. The molecule has 0 bridgehead atoms. The lowest BCUT2D eigenvalue weighted by Gasteiger charge is -2.08. The lowest BCUT2D eigenvalue weighted by atomic mass is 10.2. The summed E-state index contributed by atoms with van der Waals surface area (Å²) in [4.78, 5) is 20.5. The maximum atomic E-state index is 12.3. The van der Waals surface area contributed by atoms with Gasteiger partial charge in [0.2, 0.25) is 0 Å². The Bertz CT molecular complexity index is 851. The van der Waals surface area contributed by atoms with Gasteiger partial charge in [0.25, 0.3) is 5.91 Å². The average molecular weight is 348 g/mol. The molecule has 1 aromatic heterocycles. The number of aromatic nitrogens is 2. The van der Waals surface area contributed by atoms with Crippen LogP contribution in [-0.2, 0) is 13.1 Å². The average Bonchev–Trinajstić information content (AvgIpc) is 2.72. The third-order valence-electron chi connectivity index (χ3n) is 3.83. The second-order valence-electron chi connectivity index (χ2n) is 5.66. The topological polar surface area (TPSA) is 76.1 Å². The molecule has 0 aliphatic carbocycles. The minimum absolute atomic E-state index is 0.244. The van der Waals surface area contributed by atoms with Gasteiger partial charge in [-0.1, -0.05) is 42.5 Å². The first-order valence-electron chi connectivity index (χ1n) is 8.25. The molecule has 0 spiro atoms. The number of carbonyl (C=O) groups is 1. The summed E-state index contributed by atoms with van der Waals surface area (Å²) in [6, 6.07) is 19.2.